The van der Waals surface area contributed by atoms with Crippen molar-refractivity contribution in [3.63, 3.8) is 0 Å². The minimum absolute atomic E-state index is 0.245. The summed E-state index contributed by atoms with van der Waals surface area (Å²) in [6.45, 7) is 1.84. The molecule has 0 bridgehead atoms. The van der Waals surface area contributed by atoms with E-state index in [0.29, 0.717) is 24.8 Å². The molecule has 3 N–H and O–H groups in total. The van der Waals surface area contributed by atoms with Gasteiger partial charge in [0.15, 0.2) is 0 Å². The summed E-state index contributed by atoms with van der Waals surface area (Å²) >= 11 is 0. The first-order chi connectivity index (χ1) is 9.46. The third-order valence-corrected chi connectivity index (χ3v) is 4.00. The van der Waals surface area contributed by atoms with Gasteiger partial charge in [-0.15, -0.1) is 0 Å². The number of carbonyl (C=O) groups excluding carboxylic acids is 1. The van der Waals surface area contributed by atoms with Gasteiger partial charge in [0.25, 0.3) is 0 Å². The van der Waals surface area contributed by atoms with E-state index in [2.05, 4.69) is 5.32 Å². The highest BCUT2D eigenvalue weighted by Crippen LogP contribution is 2.29. The highest BCUT2D eigenvalue weighted by molar-refractivity contribution is 5.86. The summed E-state index contributed by atoms with van der Waals surface area (Å²) in [5, 5.41) is 2.80. The third-order valence-electron chi connectivity index (χ3n) is 4.00. The minimum atomic E-state index is -0.843. The van der Waals surface area contributed by atoms with E-state index < -0.39 is 23.2 Å². The maximum absolute atomic E-state index is 13.8. The second-order valence-electron chi connectivity index (χ2n) is 5.46. The van der Waals surface area contributed by atoms with Crippen LogP contribution in [0.25, 0.3) is 0 Å². The lowest BCUT2D eigenvalue weighted by atomic mass is 9.96. The summed E-state index contributed by atoms with van der Waals surface area (Å²) in [7, 11) is 0. The van der Waals surface area contributed by atoms with Crippen molar-refractivity contribution in [3.05, 3.63) is 35.4 Å². The number of benzene rings is 1. The maximum Gasteiger partial charge on any atom is 0.240 e. The van der Waals surface area contributed by atoms with Crippen LogP contribution >= 0.6 is 0 Å². The van der Waals surface area contributed by atoms with Gasteiger partial charge in [0, 0.05) is 11.6 Å². The van der Waals surface area contributed by atoms with Gasteiger partial charge >= 0.3 is 0 Å². The molecule has 1 fully saturated rings. The first-order valence-corrected chi connectivity index (χ1v) is 7.01. The van der Waals surface area contributed by atoms with Crippen molar-refractivity contribution in [2.75, 3.05) is 0 Å². The topological polar surface area (TPSA) is 55.1 Å². The van der Waals surface area contributed by atoms with Gasteiger partial charge in [-0.25, -0.2) is 8.78 Å². The quantitative estimate of drug-likeness (QED) is 0.892. The second-order valence-corrected chi connectivity index (χ2v) is 5.46. The van der Waals surface area contributed by atoms with E-state index in [1.807, 2.05) is 6.92 Å². The summed E-state index contributed by atoms with van der Waals surface area (Å²) in [6, 6.07) is 2.92. The molecule has 1 aliphatic rings. The molecule has 1 atom stereocenters. The van der Waals surface area contributed by atoms with E-state index in [1.165, 1.54) is 12.1 Å². The SMILES string of the molecule is CCC(NC(=O)C1(N)CCCC1)c1ccc(F)cc1F. The lowest BCUT2D eigenvalue weighted by Gasteiger charge is -2.26. The molecule has 0 aliphatic heterocycles. The minimum Gasteiger partial charge on any atom is -0.348 e. The van der Waals surface area contributed by atoms with Gasteiger partial charge in [0.05, 0.1) is 11.6 Å². The van der Waals surface area contributed by atoms with Crippen LogP contribution in [-0.2, 0) is 4.79 Å². The zero-order chi connectivity index (χ0) is 14.8. The first kappa shape index (κ1) is 14.9. The van der Waals surface area contributed by atoms with Crippen LogP contribution in [0, 0.1) is 11.6 Å². The number of hydrogen-bond donors (Lipinski definition) is 2. The van der Waals surface area contributed by atoms with Crippen molar-refractivity contribution >= 4 is 5.91 Å². The number of carbonyl (C=O) groups is 1. The van der Waals surface area contributed by atoms with Gasteiger partial charge in [-0.05, 0) is 25.3 Å². The first-order valence-electron chi connectivity index (χ1n) is 7.01. The molecule has 1 unspecified atom stereocenters. The van der Waals surface area contributed by atoms with E-state index in [1.54, 1.807) is 0 Å². The molecule has 1 aromatic carbocycles. The van der Waals surface area contributed by atoms with E-state index >= 15 is 0 Å². The molecule has 1 saturated carbocycles. The van der Waals surface area contributed by atoms with Crippen molar-refractivity contribution in [2.24, 2.45) is 5.73 Å². The van der Waals surface area contributed by atoms with Crippen molar-refractivity contribution in [1.29, 1.82) is 0 Å². The van der Waals surface area contributed by atoms with Gasteiger partial charge in [-0.2, -0.15) is 0 Å². The van der Waals surface area contributed by atoms with E-state index in [0.717, 1.165) is 18.9 Å². The molecule has 1 aliphatic carbocycles. The van der Waals surface area contributed by atoms with Crippen molar-refractivity contribution in [1.82, 2.24) is 5.32 Å². The molecule has 0 heterocycles. The highest BCUT2D eigenvalue weighted by atomic mass is 19.1. The molecule has 5 heteroatoms. The van der Waals surface area contributed by atoms with Crippen molar-refractivity contribution in [2.45, 2.75) is 50.6 Å². The van der Waals surface area contributed by atoms with Gasteiger partial charge < -0.3 is 11.1 Å². The van der Waals surface area contributed by atoms with Gasteiger partial charge in [-0.3, -0.25) is 4.79 Å². The molecule has 0 spiro atoms. The molecular formula is C15H20F2N2O. The molecule has 20 heavy (non-hydrogen) atoms. The highest BCUT2D eigenvalue weighted by Gasteiger charge is 2.38. The molecule has 0 aromatic heterocycles. The monoisotopic (exact) mass is 282 g/mol. The Morgan fingerprint density at radius 3 is 2.60 bits per heavy atom. The largest absolute Gasteiger partial charge is 0.348 e. The van der Waals surface area contributed by atoms with Crippen LogP contribution in [0.15, 0.2) is 18.2 Å². The summed E-state index contributed by atoms with van der Waals surface area (Å²) in [6.07, 6.45) is 3.70. The van der Waals surface area contributed by atoms with E-state index in [9.17, 15) is 13.6 Å². The normalized spacial score (nSPS) is 18.8. The number of nitrogens with two attached hydrogens (primary N) is 1. The Bertz CT molecular complexity index is 499. The molecule has 0 saturated heterocycles. The Balaban J connectivity index is 2.14. The van der Waals surface area contributed by atoms with E-state index in [-0.39, 0.29) is 5.91 Å². The number of hydrogen-bond acceptors (Lipinski definition) is 2. The number of halogens is 2. The van der Waals surface area contributed by atoms with Crippen LogP contribution in [0.3, 0.4) is 0 Å². The summed E-state index contributed by atoms with van der Waals surface area (Å²) in [5.41, 5.74) is 5.53. The van der Waals surface area contributed by atoms with Crippen LogP contribution in [-0.4, -0.2) is 11.4 Å². The molecular weight excluding hydrogens is 262 g/mol. The van der Waals surface area contributed by atoms with E-state index in [4.69, 9.17) is 5.73 Å². The number of rotatable bonds is 4. The smallest absolute Gasteiger partial charge is 0.240 e. The van der Waals surface area contributed by atoms with Crippen molar-refractivity contribution < 1.29 is 13.6 Å². The van der Waals surface area contributed by atoms with Crippen molar-refractivity contribution in [3.8, 4) is 0 Å². The summed E-state index contributed by atoms with van der Waals surface area (Å²) in [5.74, 6) is -1.52. The van der Waals surface area contributed by atoms with Gasteiger partial charge in [0.1, 0.15) is 11.6 Å². The predicted octanol–water partition coefficient (Wildman–Crippen LogP) is 2.80. The Kier molecular flexibility index (Phi) is 4.38. The molecule has 3 nitrogen and oxygen atoms in total. The Labute approximate surface area is 117 Å². The molecule has 0 radical (unpaired) electrons. The third kappa shape index (κ3) is 2.98. The molecule has 110 valence electrons. The summed E-state index contributed by atoms with van der Waals surface area (Å²) < 4.78 is 26.7. The van der Waals surface area contributed by atoms with Crippen LogP contribution in [0.5, 0.6) is 0 Å². The molecule has 1 aromatic rings. The standard InChI is InChI=1S/C15H20F2N2O/c1-2-13(11-6-5-10(16)9-12(11)17)19-14(20)15(18)7-3-4-8-15/h5-6,9,13H,2-4,7-8,18H2,1H3,(H,19,20). The fourth-order valence-corrected chi connectivity index (χ4v) is 2.72. The van der Waals surface area contributed by atoms with Crippen LogP contribution in [0.1, 0.15) is 50.6 Å². The number of nitrogens with one attached hydrogen (secondary N) is 1. The van der Waals surface area contributed by atoms with Gasteiger partial charge in [-0.1, -0.05) is 25.8 Å². The summed E-state index contributed by atoms with van der Waals surface area (Å²) in [4.78, 5) is 12.3. The lowest BCUT2D eigenvalue weighted by Crippen LogP contribution is -2.52. The Morgan fingerprint density at radius 1 is 1.40 bits per heavy atom. The Morgan fingerprint density at radius 2 is 2.05 bits per heavy atom. The predicted molar refractivity (Wildman–Crippen MR) is 72.9 cm³/mol. The number of amides is 1. The Hall–Kier alpha value is -1.49. The zero-order valence-electron chi connectivity index (χ0n) is 11.6. The fraction of sp³-hybridized carbons (Fsp3) is 0.533. The van der Waals surface area contributed by atoms with Crippen LogP contribution in [0.4, 0.5) is 8.78 Å². The lowest BCUT2D eigenvalue weighted by molar-refractivity contribution is -0.127. The fourth-order valence-electron chi connectivity index (χ4n) is 2.72. The van der Waals surface area contributed by atoms with Crippen LogP contribution in [0.2, 0.25) is 0 Å². The zero-order valence-corrected chi connectivity index (χ0v) is 11.6. The average molecular weight is 282 g/mol. The molecule has 1 amide bonds. The van der Waals surface area contributed by atoms with Crippen LogP contribution < -0.4 is 11.1 Å². The average Bonchev–Trinajstić information content (AvgIpc) is 2.85. The second kappa shape index (κ2) is 5.87. The van der Waals surface area contributed by atoms with Gasteiger partial charge in [0.2, 0.25) is 5.91 Å². The maximum atomic E-state index is 13.8. The molecule has 2 rings (SSSR count).